The predicted molar refractivity (Wildman–Crippen MR) is 59.8 cm³/mol. The Labute approximate surface area is 95.4 Å². The van der Waals surface area contributed by atoms with Gasteiger partial charge in [0.25, 0.3) is 5.56 Å². The summed E-state index contributed by atoms with van der Waals surface area (Å²) in [5.74, 6) is 0. The lowest BCUT2D eigenvalue weighted by Crippen LogP contribution is -2.35. The van der Waals surface area contributed by atoms with Crippen molar-refractivity contribution in [3.05, 3.63) is 27.2 Å². The first-order chi connectivity index (χ1) is 8.27. The van der Waals surface area contributed by atoms with Crippen molar-refractivity contribution >= 4 is 11.2 Å². The van der Waals surface area contributed by atoms with Gasteiger partial charge in [0.2, 0.25) is 0 Å². The van der Waals surface area contributed by atoms with Gasteiger partial charge in [-0.2, -0.15) is 0 Å². The van der Waals surface area contributed by atoms with Crippen LogP contribution in [0.15, 0.2) is 15.9 Å². The lowest BCUT2D eigenvalue weighted by atomic mass is 10.2. The van der Waals surface area contributed by atoms with Gasteiger partial charge in [-0.3, -0.25) is 9.78 Å². The van der Waals surface area contributed by atoms with Crippen molar-refractivity contribution in [2.45, 2.75) is 25.5 Å². The minimum absolute atomic E-state index is 0.304. The number of aromatic amines is 2. The molecule has 0 radical (unpaired) electrons. The van der Waals surface area contributed by atoms with E-state index in [2.05, 4.69) is 15.0 Å². The maximum Gasteiger partial charge on any atom is 0.332 e. The van der Waals surface area contributed by atoms with E-state index in [9.17, 15) is 9.59 Å². The number of fused-ring (bicyclic) bond motifs is 1. The highest BCUT2D eigenvalue weighted by Gasteiger charge is 2.21. The van der Waals surface area contributed by atoms with Crippen LogP contribution in [0.2, 0.25) is 0 Å². The first-order valence-corrected chi connectivity index (χ1v) is 5.57. The van der Waals surface area contributed by atoms with Crippen LogP contribution in [0.5, 0.6) is 0 Å². The van der Waals surface area contributed by atoms with Crippen molar-refractivity contribution < 1.29 is 4.74 Å². The number of nitrogens with zero attached hydrogens (tertiary/aromatic N) is 2. The second kappa shape index (κ2) is 3.85. The second-order valence-electron chi connectivity index (χ2n) is 4.05. The minimum atomic E-state index is -0.471. The average Bonchev–Trinajstić information content (AvgIpc) is 2.79. The predicted octanol–water partition coefficient (Wildman–Crippen LogP) is 0.112. The molecule has 0 bridgehead atoms. The Balaban J connectivity index is 2.24. The van der Waals surface area contributed by atoms with Crippen LogP contribution >= 0.6 is 0 Å². The highest BCUT2D eigenvalue weighted by atomic mass is 16.5. The van der Waals surface area contributed by atoms with Crippen LogP contribution in [0.1, 0.15) is 25.5 Å². The number of aromatic nitrogens is 4. The van der Waals surface area contributed by atoms with Gasteiger partial charge in [0, 0.05) is 6.61 Å². The van der Waals surface area contributed by atoms with Crippen molar-refractivity contribution in [2.75, 3.05) is 6.61 Å². The number of H-pyrrole nitrogens is 2. The molecule has 17 heavy (non-hydrogen) atoms. The summed E-state index contributed by atoms with van der Waals surface area (Å²) in [6, 6.07) is 0. The molecule has 3 heterocycles. The van der Waals surface area contributed by atoms with Gasteiger partial charge in [0.1, 0.15) is 11.7 Å². The van der Waals surface area contributed by atoms with E-state index < -0.39 is 11.2 Å². The summed E-state index contributed by atoms with van der Waals surface area (Å²) in [5.41, 5.74) is -0.263. The van der Waals surface area contributed by atoms with E-state index in [1.54, 1.807) is 0 Å². The molecule has 0 saturated carbocycles. The smallest absolute Gasteiger partial charge is 0.332 e. The fourth-order valence-electron chi connectivity index (χ4n) is 2.15. The van der Waals surface area contributed by atoms with E-state index in [4.69, 9.17) is 4.74 Å². The van der Waals surface area contributed by atoms with Crippen molar-refractivity contribution in [3.63, 3.8) is 0 Å². The molecule has 2 aromatic heterocycles. The molecular formula is C10H12N4O3. The largest absolute Gasteiger partial charge is 0.358 e. The number of nitrogens with one attached hydrogen (secondary N) is 2. The van der Waals surface area contributed by atoms with Gasteiger partial charge < -0.3 is 9.72 Å². The Morgan fingerprint density at radius 2 is 2.29 bits per heavy atom. The van der Waals surface area contributed by atoms with Crippen molar-refractivity contribution in [1.82, 2.24) is 19.5 Å². The third-order valence-electron chi connectivity index (χ3n) is 2.96. The zero-order chi connectivity index (χ0) is 11.8. The van der Waals surface area contributed by atoms with E-state index in [0.29, 0.717) is 17.8 Å². The van der Waals surface area contributed by atoms with E-state index in [0.717, 1.165) is 19.3 Å². The van der Waals surface area contributed by atoms with Gasteiger partial charge in [0.15, 0.2) is 5.65 Å². The molecule has 0 aliphatic carbocycles. The zero-order valence-corrected chi connectivity index (χ0v) is 9.10. The van der Waals surface area contributed by atoms with Crippen LogP contribution < -0.4 is 11.2 Å². The Morgan fingerprint density at radius 1 is 1.41 bits per heavy atom. The molecule has 0 amide bonds. The Morgan fingerprint density at radius 3 is 3.06 bits per heavy atom. The first kappa shape index (κ1) is 10.3. The molecular weight excluding hydrogens is 224 g/mol. The van der Waals surface area contributed by atoms with Gasteiger partial charge in [-0.1, -0.05) is 0 Å². The van der Waals surface area contributed by atoms with E-state index in [1.165, 1.54) is 10.9 Å². The molecule has 90 valence electrons. The minimum Gasteiger partial charge on any atom is -0.358 e. The van der Waals surface area contributed by atoms with Gasteiger partial charge in [-0.25, -0.2) is 14.3 Å². The summed E-state index contributed by atoms with van der Waals surface area (Å²) in [6.07, 6.45) is 3.83. The molecule has 2 N–H and O–H groups in total. The monoisotopic (exact) mass is 236 g/mol. The quantitative estimate of drug-likeness (QED) is 0.735. The molecule has 1 aliphatic heterocycles. The maximum atomic E-state index is 11.8. The van der Waals surface area contributed by atoms with Crippen LogP contribution in [0, 0.1) is 0 Å². The van der Waals surface area contributed by atoms with Crippen LogP contribution in [0.3, 0.4) is 0 Å². The number of hydrogen-bond donors (Lipinski definition) is 2. The summed E-state index contributed by atoms with van der Waals surface area (Å²) in [5, 5.41) is 0. The van der Waals surface area contributed by atoms with E-state index in [-0.39, 0.29) is 6.23 Å². The van der Waals surface area contributed by atoms with Gasteiger partial charge in [-0.15, -0.1) is 0 Å². The van der Waals surface area contributed by atoms with Gasteiger partial charge in [0.05, 0.1) is 6.33 Å². The van der Waals surface area contributed by atoms with Gasteiger partial charge >= 0.3 is 5.69 Å². The van der Waals surface area contributed by atoms with Crippen LogP contribution in [-0.2, 0) is 4.74 Å². The second-order valence-corrected chi connectivity index (χ2v) is 4.05. The van der Waals surface area contributed by atoms with Crippen molar-refractivity contribution in [2.24, 2.45) is 0 Å². The third kappa shape index (κ3) is 1.59. The molecule has 1 aliphatic rings. The fourth-order valence-corrected chi connectivity index (χ4v) is 2.15. The Kier molecular flexibility index (Phi) is 2.32. The first-order valence-electron chi connectivity index (χ1n) is 5.57. The van der Waals surface area contributed by atoms with Crippen LogP contribution in [0.25, 0.3) is 11.2 Å². The highest BCUT2D eigenvalue weighted by molar-refractivity contribution is 5.68. The molecule has 0 spiro atoms. The normalized spacial score (nSPS) is 20.8. The molecule has 1 saturated heterocycles. The van der Waals surface area contributed by atoms with Crippen LogP contribution in [-0.4, -0.2) is 26.1 Å². The average molecular weight is 236 g/mol. The summed E-state index contributed by atoms with van der Waals surface area (Å²) >= 11 is 0. The summed E-state index contributed by atoms with van der Waals surface area (Å²) < 4.78 is 6.96. The maximum absolute atomic E-state index is 11.8. The van der Waals surface area contributed by atoms with Gasteiger partial charge in [-0.05, 0) is 19.3 Å². The molecule has 2 aromatic rings. The zero-order valence-electron chi connectivity index (χ0n) is 9.10. The lowest BCUT2D eigenvalue weighted by molar-refractivity contribution is -0.0323. The molecule has 0 aromatic carbocycles. The molecule has 7 heteroatoms. The molecule has 3 rings (SSSR count). The number of imidazole rings is 1. The topological polar surface area (TPSA) is 92.8 Å². The molecule has 1 atom stereocenters. The lowest BCUT2D eigenvalue weighted by Gasteiger charge is -2.24. The van der Waals surface area contributed by atoms with E-state index in [1.807, 2.05) is 0 Å². The van der Waals surface area contributed by atoms with E-state index >= 15 is 0 Å². The molecule has 7 nitrogen and oxygen atoms in total. The fraction of sp³-hybridized carbons (Fsp3) is 0.500. The SMILES string of the molecule is O=c1[nH]c(=O)n(C2CCCCO2)c2nc[nH]c12. The summed E-state index contributed by atoms with van der Waals surface area (Å²) in [7, 11) is 0. The molecule has 1 fully saturated rings. The van der Waals surface area contributed by atoms with Crippen molar-refractivity contribution in [1.29, 1.82) is 0 Å². The number of ether oxygens (including phenoxy) is 1. The molecule has 1 unspecified atom stereocenters. The summed E-state index contributed by atoms with van der Waals surface area (Å²) in [4.78, 5) is 32.4. The van der Waals surface area contributed by atoms with Crippen LogP contribution in [0.4, 0.5) is 0 Å². The Bertz CT molecular complexity index is 647. The number of hydrogen-bond acceptors (Lipinski definition) is 4. The van der Waals surface area contributed by atoms with Crippen molar-refractivity contribution in [3.8, 4) is 0 Å². The number of rotatable bonds is 1. The standard InChI is InChI=1S/C10H12N4O3/c15-9-7-8(12-5-11-7)14(10(16)13-9)6-3-1-2-4-17-6/h5-6H,1-4H2,(H,11,12)(H,13,15,16). The Hall–Kier alpha value is -1.89. The third-order valence-corrected chi connectivity index (χ3v) is 2.96. The summed E-state index contributed by atoms with van der Waals surface area (Å²) in [6.45, 7) is 0.627. The highest BCUT2D eigenvalue weighted by Crippen LogP contribution is 2.22.